The minimum absolute atomic E-state index is 0.144. The van der Waals surface area contributed by atoms with Gasteiger partial charge < -0.3 is 20.3 Å². The van der Waals surface area contributed by atoms with Crippen LogP contribution in [0.4, 0.5) is 10.5 Å². The summed E-state index contributed by atoms with van der Waals surface area (Å²) >= 11 is 0. The number of likely N-dealkylation sites (tertiary alicyclic amines) is 1. The number of ether oxygens (including phenoxy) is 1. The SMILES string of the molecule is CCNC(=O)N1C[C@@H]2C[C@H]1C(=O)Nc1ccccc1O2. The third-order valence-electron chi connectivity index (χ3n) is 3.59. The Kier molecular flexibility index (Phi) is 3.22. The largest absolute Gasteiger partial charge is 0.486 e. The Morgan fingerprint density at radius 2 is 2.30 bits per heavy atom. The normalized spacial score (nSPS) is 24.1. The number of hydrogen-bond acceptors (Lipinski definition) is 3. The molecule has 2 aliphatic heterocycles. The molecule has 0 radical (unpaired) electrons. The van der Waals surface area contributed by atoms with E-state index in [2.05, 4.69) is 10.6 Å². The van der Waals surface area contributed by atoms with Gasteiger partial charge in [0.2, 0.25) is 5.91 Å². The lowest BCUT2D eigenvalue weighted by Gasteiger charge is -2.23. The third-order valence-corrected chi connectivity index (χ3v) is 3.59. The molecule has 6 nitrogen and oxygen atoms in total. The van der Waals surface area contributed by atoms with Gasteiger partial charge in [-0.1, -0.05) is 12.1 Å². The predicted molar refractivity (Wildman–Crippen MR) is 73.7 cm³/mol. The average molecular weight is 275 g/mol. The molecule has 2 aliphatic rings. The number of benzene rings is 1. The van der Waals surface area contributed by atoms with Crippen LogP contribution in [0.2, 0.25) is 0 Å². The van der Waals surface area contributed by atoms with Crippen molar-refractivity contribution in [2.24, 2.45) is 0 Å². The van der Waals surface area contributed by atoms with Gasteiger partial charge in [0.1, 0.15) is 17.9 Å². The third kappa shape index (κ3) is 2.17. The fourth-order valence-corrected chi connectivity index (χ4v) is 2.68. The Hall–Kier alpha value is -2.24. The Morgan fingerprint density at radius 3 is 3.10 bits per heavy atom. The van der Waals surface area contributed by atoms with Crippen molar-refractivity contribution in [1.29, 1.82) is 0 Å². The number of anilines is 1. The quantitative estimate of drug-likeness (QED) is 0.808. The van der Waals surface area contributed by atoms with E-state index in [1.807, 2.05) is 25.1 Å². The predicted octanol–water partition coefficient (Wildman–Crippen LogP) is 1.19. The van der Waals surface area contributed by atoms with Crippen LogP contribution in [0.3, 0.4) is 0 Å². The van der Waals surface area contributed by atoms with Crippen molar-refractivity contribution >= 4 is 17.6 Å². The van der Waals surface area contributed by atoms with E-state index in [4.69, 9.17) is 4.74 Å². The van der Waals surface area contributed by atoms with Crippen LogP contribution in [0.5, 0.6) is 5.75 Å². The highest BCUT2D eigenvalue weighted by atomic mass is 16.5. The molecule has 3 rings (SSSR count). The summed E-state index contributed by atoms with van der Waals surface area (Å²) in [6.45, 7) is 2.82. The number of hydrogen-bond donors (Lipinski definition) is 2. The number of carbonyl (C=O) groups excluding carboxylic acids is 2. The van der Waals surface area contributed by atoms with Gasteiger partial charge in [-0.15, -0.1) is 0 Å². The molecule has 20 heavy (non-hydrogen) atoms. The molecule has 2 N–H and O–H groups in total. The van der Waals surface area contributed by atoms with Gasteiger partial charge in [0.15, 0.2) is 0 Å². The first-order chi connectivity index (χ1) is 9.69. The molecule has 0 aliphatic carbocycles. The van der Waals surface area contributed by atoms with Crippen LogP contribution in [-0.4, -0.2) is 42.1 Å². The molecule has 1 aromatic carbocycles. The molecule has 2 atom stereocenters. The van der Waals surface area contributed by atoms with Gasteiger partial charge in [-0.25, -0.2) is 4.79 Å². The Morgan fingerprint density at radius 1 is 1.50 bits per heavy atom. The van der Waals surface area contributed by atoms with Crippen molar-refractivity contribution in [2.45, 2.75) is 25.5 Å². The Labute approximate surface area is 117 Å². The summed E-state index contributed by atoms with van der Waals surface area (Å²) in [6.07, 6.45) is 0.381. The van der Waals surface area contributed by atoms with E-state index in [9.17, 15) is 9.59 Å². The number of nitrogens with zero attached hydrogens (tertiary/aromatic N) is 1. The molecular formula is C14H17N3O3. The monoisotopic (exact) mass is 275 g/mol. The van der Waals surface area contributed by atoms with Gasteiger partial charge in [-0.2, -0.15) is 0 Å². The van der Waals surface area contributed by atoms with E-state index < -0.39 is 6.04 Å². The molecule has 1 fully saturated rings. The molecule has 106 valence electrons. The van der Waals surface area contributed by atoms with Gasteiger partial charge >= 0.3 is 6.03 Å². The zero-order valence-electron chi connectivity index (χ0n) is 11.3. The second-order valence-electron chi connectivity index (χ2n) is 4.96. The molecule has 0 saturated carbocycles. The summed E-state index contributed by atoms with van der Waals surface area (Å²) in [6, 6.07) is 6.64. The number of urea groups is 1. The zero-order chi connectivity index (χ0) is 14.1. The standard InChI is InChI=1S/C14H17N3O3/c1-2-15-14(19)17-8-9-7-11(17)13(18)16-10-5-3-4-6-12(10)20-9/h3-6,9,11H,2,7-8H2,1H3,(H,15,19)(H,16,18)/t9-,11-/m0/s1. The van der Waals surface area contributed by atoms with Crippen molar-refractivity contribution in [3.8, 4) is 5.75 Å². The number of amides is 3. The van der Waals surface area contributed by atoms with Gasteiger partial charge in [-0.3, -0.25) is 4.79 Å². The molecule has 2 heterocycles. The van der Waals surface area contributed by atoms with Crippen molar-refractivity contribution in [3.05, 3.63) is 24.3 Å². The van der Waals surface area contributed by atoms with Crippen LogP contribution in [0, 0.1) is 0 Å². The Balaban J connectivity index is 1.87. The van der Waals surface area contributed by atoms with Crippen molar-refractivity contribution < 1.29 is 14.3 Å². The lowest BCUT2D eigenvalue weighted by Crippen LogP contribution is -2.47. The summed E-state index contributed by atoms with van der Waals surface area (Å²) in [4.78, 5) is 25.9. The maximum atomic E-state index is 12.3. The van der Waals surface area contributed by atoms with Crippen LogP contribution < -0.4 is 15.4 Å². The van der Waals surface area contributed by atoms with Crippen LogP contribution in [0.25, 0.3) is 0 Å². The highest BCUT2D eigenvalue weighted by Crippen LogP contribution is 2.32. The van der Waals surface area contributed by atoms with Gasteiger partial charge in [0, 0.05) is 13.0 Å². The molecule has 0 aromatic heterocycles. The van der Waals surface area contributed by atoms with Crippen LogP contribution in [0.15, 0.2) is 24.3 Å². The molecule has 0 unspecified atom stereocenters. The summed E-state index contributed by atoms with van der Waals surface area (Å²) in [5.41, 5.74) is 0.657. The van der Waals surface area contributed by atoms with E-state index in [1.54, 1.807) is 11.0 Å². The lowest BCUT2D eigenvalue weighted by atomic mass is 10.1. The van der Waals surface area contributed by atoms with Crippen LogP contribution in [0.1, 0.15) is 13.3 Å². The van der Waals surface area contributed by atoms with E-state index in [-0.39, 0.29) is 18.0 Å². The first kappa shape index (κ1) is 12.8. The van der Waals surface area contributed by atoms with Crippen LogP contribution in [-0.2, 0) is 4.79 Å². The van der Waals surface area contributed by atoms with E-state index in [0.29, 0.717) is 30.9 Å². The second kappa shape index (κ2) is 5.03. The summed E-state index contributed by atoms with van der Waals surface area (Å²) < 4.78 is 5.90. The van der Waals surface area contributed by atoms with Gasteiger partial charge in [0.25, 0.3) is 0 Å². The number of rotatable bonds is 1. The molecule has 1 aromatic rings. The molecular weight excluding hydrogens is 258 g/mol. The van der Waals surface area contributed by atoms with Crippen molar-refractivity contribution in [2.75, 3.05) is 18.4 Å². The number of fused-ring (bicyclic) bond motifs is 3. The van der Waals surface area contributed by atoms with Gasteiger partial charge in [-0.05, 0) is 19.1 Å². The minimum atomic E-state index is -0.472. The molecule has 6 heteroatoms. The molecule has 0 spiro atoms. The number of nitrogens with one attached hydrogen (secondary N) is 2. The first-order valence-electron chi connectivity index (χ1n) is 6.80. The van der Waals surface area contributed by atoms with E-state index >= 15 is 0 Å². The maximum absolute atomic E-state index is 12.3. The zero-order valence-corrected chi connectivity index (χ0v) is 11.3. The smallest absolute Gasteiger partial charge is 0.318 e. The first-order valence-corrected chi connectivity index (χ1v) is 6.80. The molecule has 2 bridgehead atoms. The highest BCUT2D eigenvalue weighted by molar-refractivity contribution is 5.98. The molecule has 1 saturated heterocycles. The topological polar surface area (TPSA) is 70.7 Å². The maximum Gasteiger partial charge on any atom is 0.318 e. The number of carbonyl (C=O) groups is 2. The van der Waals surface area contributed by atoms with Crippen LogP contribution >= 0.6 is 0 Å². The van der Waals surface area contributed by atoms with E-state index in [0.717, 1.165) is 0 Å². The van der Waals surface area contributed by atoms with Gasteiger partial charge in [0.05, 0.1) is 12.2 Å². The fraction of sp³-hybridized carbons (Fsp3) is 0.429. The Bertz CT molecular complexity index is 546. The fourth-order valence-electron chi connectivity index (χ4n) is 2.68. The highest BCUT2D eigenvalue weighted by Gasteiger charge is 2.42. The average Bonchev–Trinajstić information content (AvgIpc) is 2.85. The lowest BCUT2D eigenvalue weighted by molar-refractivity contribution is -0.119. The summed E-state index contributed by atoms with van der Waals surface area (Å²) in [5, 5.41) is 5.57. The minimum Gasteiger partial charge on any atom is -0.486 e. The van der Waals surface area contributed by atoms with Crippen molar-refractivity contribution in [3.63, 3.8) is 0 Å². The second-order valence-corrected chi connectivity index (χ2v) is 4.96. The molecule has 3 amide bonds. The number of para-hydroxylation sites is 2. The summed E-state index contributed by atoms with van der Waals surface area (Å²) in [5.74, 6) is 0.497. The van der Waals surface area contributed by atoms with E-state index in [1.165, 1.54) is 0 Å². The summed E-state index contributed by atoms with van der Waals surface area (Å²) in [7, 11) is 0. The van der Waals surface area contributed by atoms with Crippen molar-refractivity contribution in [1.82, 2.24) is 10.2 Å².